The summed E-state index contributed by atoms with van der Waals surface area (Å²) < 4.78 is 6.84. The van der Waals surface area contributed by atoms with Crippen LogP contribution in [-0.4, -0.2) is 34.0 Å². The van der Waals surface area contributed by atoms with Gasteiger partial charge in [0.2, 0.25) is 0 Å². The molecule has 1 aliphatic rings. The van der Waals surface area contributed by atoms with Crippen molar-refractivity contribution in [3.05, 3.63) is 35.9 Å². The van der Waals surface area contributed by atoms with Gasteiger partial charge < -0.3 is 9.14 Å². The van der Waals surface area contributed by atoms with Crippen molar-refractivity contribution < 1.29 is 9.53 Å². The van der Waals surface area contributed by atoms with Crippen molar-refractivity contribution in [3.63, 3.8) is 0 Å². The molecule has 3 heterocycles. The molecule has 0 radical (unpaired) electrons. The molecule has 2 aromatic heterocycles. The molecule has 1 fully saturated rings. The van der Waals surface area contributed by atoms with E-state index in [2.05, 4.69) is 4.98 Å². The minimum Gasteiger partial charge on any atom is -0.465 e. The Morgan fingerprint density at radius 3 is 3.05 bits per heavy atom. The minimum atomic E-state index is -0.309. The summed E-state index contributed by atoms with van der Waals surface area (Å²) in [6, 6.07) is 3.66. The van der Waals surface area contributed by atoms with Gasteiger partial charge in [0, 0.05) is 12.6 Å². The third-order valence-corrected chi connectivity index (χ3v) is 4.91. The van der Waals surface area contributed by atoms with Crippen LogP contribution in [0.2, 0.25) is 0 Å². The molecule has 0 aliphatic carbocycles. The maximum Gasteiger partial charge on any atom is 0.340 e. The lowest BCUT2D eigenvalue weighted by molar-refractivity contribution is 0.0602. The Morgan fingerprint density at radius 2 is 2.30 bits per heavy atom. The van der Waals surface area contributed by atoms with E-state index < -0.39 is 0 Å². The fraction of sp³-hybridized carbons (Fsp3) is 0.467. The summed E-state index contributed by atoms with van der Waals surface area (Å²) in [5, 5.41) is 0. The number of ether oxygens (including phenoxy) is 1. The van der Waals surface area contributed by atoms with Gasteiger partial charge in [0.1, 0.15) is 5.82 Å². The molecule has 1 aliphatic heterocycles. The van der Waals surface area contributed by atoms with Gasteiger partial charge in [-0.1, -0.05) is 0 Å². The fourth-order valence-electron chi connectivity index (χ4n) is 2.72. The third kappa shape index (κ3) is 2.54. The zero-order valence-electron chi connectivity index (χ0n) is 11.5. The molecule has 3 rings (SSSR count). The maximum atomic E-state index is 11.8. The van der Waals surface area contributed by atoms with Crippen LogP contribution in [0, 0.1) is 5.92 Å². The highest BCUT2D eigenvalue weighted by molar-refractivity contribution is 7.99. The standard InChI is InChI=1S/C15H18N2O2S/c1-19-15(18)12-3-2-6-17-13(12)10-16-14(17)9-11-4-7-20-8-5-11/h2-3,6,10-11H,4-5,7-9H2,1H3. The molecule has 4 nitrogen and oxygen atoms in total. The lowest BCUT2D eigenvalue weighted by atomic mass is 9.98. The zero-order chi connectivity index (χ0) is 13.9. The molecule has 0 aromatic carbocycles. The van der Waals surface area contributed by atoms with Crippen LogP contribution < -0.4 is 0 Å². The molecule has 0 spiro atoms. The van der Waals surface area contributed by atoms with E-state index >= 15 is 0 Å². The van der Waals surface area contributed by atoms with Crippen molar-refractivity contribution >= 4 is 23.2 Å². The van der Waals surface area contributed by atoms with Crippen LogP contribution in [0.15, 0.2) is 24.5 Å². The van der Waals surface area contributed by atoms with Gasteiger partial charge in [-0.05, 0) is 42.4 Å². The number of nitrogens with zero attached hydrogens (tertiary/aromatic N) is 2. The molecule has 5 heteroatoms. The number of carbonyl (C=O) groups excluding carboxylic acids is 1. The predicted molar refractivity (Wildman–Crippen MR) is 80.3 cm³/mol. The van der Waals surface area contributed by atoms with E-state index in [1.807, 2.05) is 28.4 Å². The number of fused-ring (bicyclic) bond motifs is 1. The summed E-state index contributed by atoms with van der Waals surface area (Å²) in [5.41, 5.74) is 1.41. The molecule has 2 aromatic rings. The highest BCUT2D eigenvalue weighted by atomic mass is 32.2. The van der Waals surface area contributed by atoms with E-state index in [0.717, 1.165) is 17.8 Å². The molecule has 0 bridgehead atoms. The van der Waals surface area contributed by atoms with Crippen molar-refractivity contribution in [3.8, 4) is 0 Å². The Labute approximate surface area is 122 Å². The highest BCUT2D eigenvalue weighted by Gasteiger charge is 2.18. The van der Waals surface area contributed by atoms with Crippen LogP contribution in [-0.2, 0) is 11.2 Å². The van der Waals surface area contributed by atoms with Crippen LogP contribution in [0.4, 0.5) is 0 Å². The average molecular weight is 290 g/mol. The van der Waals surface area contributed by atoms with Crippen LogP contribution in [0.25, 0.3) is 5.52 Å². The van der Waals surface area contributed by atoms with Gasteiger partial charge in [-0.2, -0.15) is 11.8 Å². The third-order valence-electron chi connectivity index (χ3n) is 3.86. The van der Waals surface area contributed by atoms with Gasteiger partial charge in [0.25, 0.3) is 0 Å². The number of aromatic nitrogens is 2. The van der Waals surface area contributed by atoms with E-state index in [4.69, 9.17) is 4.74 Å². The molecule has 20 heavy (non-hydrogen) atoms. The first-order valence-corrected chi connectivity index (χ1v) is 8.06. The number of imidazole rings is 1. The summed E-state index contributed by atoms with van der Waals surface area (Å²) in [5.74, 6) is 3.95. The smallest absolute Gasteiger partial charge is 0.340 e. The second-order valence-electron chi connectivity index (χ2n) is 5.10. The largest absolute Gasteiger partial charge is 0.465 e. The second kappa shape index (κ2) is 5.87. The fourth-order valence-corrected chi connectivity index (χ4v) is 3.92. The van der Waals surface area contributed by atoms with Crippen molar-refractivity contribution in [1.82, 2.24) is 9.38 Å². The van der Waals surface area contributed by atoms with Crippen molar-refractivity contribution in [2.45, 2.75) is 19.3 Å². The summed E-state index contributed by atoms with van der Waals surface area (Å²) in [4.78, 5) is 16.3. The van der Waals surface area contributed by atoms with E-state index in [-0.39, 0.29) is 5.97 Å². The molecule has 1 saturated heterocycles. The lowest BCUT2D eigenvalue weighted by Crippen LogP contribution is -2.14. The van der Waals surface area contributed by atoms with E-state index in [0.29, 0.717) is 11.5 Å². The Kier molecular flexibility index (Phi) is 3.96. The Bertz CT molecular complexity index is 617. The number of thioether (sulfide) groups is 1. The highest BCUT2D eigenvalue weighted by Crippen LogP contribution is 2.26. The van der Waals surface area contributed by atoms with Crippen molar-refractivity contribution in [2.24, 2.45) is 5.92 Å². The van der Waals surface area contributed by atoms with Crippen molar-refractivity contribution in [1.29, 1.82) is 0 Å². The Morgan fingerprint density at radius 1 is 1.50 bits per heavy atom. The summed E-state index contributed by atoms with van der Waals surface area (Å²) >= 11 is 2.04. The number of methoxy groups -OCH3 is 1. The molecule has 0 saturated carbocycles. The number of carbonyl (C=O) groups is 1. The summed E-state index contributed by atoms with van der Waals surface area (Å²) in [6.07, 6.45) is 7.26. The first kappa shape index (κ1) is 13.5. The first-order chi connectivity index (χ1) is 9.79. The van der Waals surface area contributed by atoms with Crippen LogP contribution in [0.3, 0.4) is 0 Å². The quantitative estimate of drug-likeness (QED) is 0.815. The zero-order valence-corrected chi connectivity index (χ0v) is 12.4. The molecule has 0 amide bonds. The minimum absolute atomic E-state index is 0.309. The monoisotopic (exact) mass is 290 g/mol. The van der Waals surface area contributed by atoms with Gasteiger partial charge in [0.05, 0.1) is 24.4 Å². The number of hydrogen-bond donors (Lipinski definition) is 0. The maximum absolute atomic E-state index is 11.8. The second-order valence-corrected chi connectivity index (χ2v) is 6.33. The average Bonchev–Trinajstić information content (AvgIpc) is 2.91. The Hall–Kier alpha value is -1.49. The van der Waals surface area contributed by atoms with Gasteiger partial charge in [-0.25, -0.2) is 9.78 Å². The van der Waals surface area contributed by atoms with E-state index in [1.54, 1.807) is 12.3 Å². The molecule has 106 valence electrons. The van der Waals surface area contributed by atoms with Crippen molar-refractivity contribution in [2.75, 3.05) is 18.6 Å². The van der Waals surface area contributed by atoms with Crippen LogP contribution >= 0.6 is 11.8 Å². The van der Waals surface area contributed by atoms with Gasteiger partial charge >= 0.3 is 5.97 Å². The molecule has 0 N–H and O–H groups in total. The number of rotatable bonds is 3. The molecular formula is C15H18N2O2S. The Balaban J connectivity index is 1.91. The van der Waals surface area contributed by atoms with Crippen LogP contribution in [0.1, 0.15) is 29.0 Å². The lowest BCUT2D eigenvalue weighted by Gasteiger charge is -2.20. The number of hydrogen-bond acceptors (Lipinski definition) is 4. The number of esters is 1. The van der Waals surface area contributed by atoms with E-state index in [1.165, 1.54) is 31.5 Å². The molecule has 0 unspecified atom stereocenters. The first-order valence-electron chi connectivity index (χ1n) is 6.90. The molecular weight excluding hydrogens is 272 g/mol. The predicted octanol–water partition coefficient (Wildman–Crippen LogP) is 2.81. The van der Waals surface area contributed by atoms with Crippen LogP contribution in [0.5, 0.6) is 0 Å². The normalized spacial score (nSPS) is 16.4. The summed E-state index contributed by atoms with van der Waals surface area (Å²) in [6.45, 7) is 0. The molecule has 0 atom stereocenters. The van der Waals surface area contributed by atoms with Gasteiger partial charge in [0.15, 0.2) is 0 Å². The topological polar surface area (TPSA) is 43.6 Å². The SMILES string of the molecule is COC(=O)c1cccn2c(CC3CCSCC3)ncc12. The van der Waals surface area contributed by atoms with Gasteiger partial charge in [-0.15, -0.1) is 0 Å². The number of pyridine rings is 1. The van der Waals surface area contributed by atoms with E-state index in [9.17, 15) is 4.79 Å². The summed E-state index contributed by atoms with van der Waals surface area (Å²) in [7, 11) is 1.41. The van der Waals surface area contributed by atoms with Gasteiger partial charge in [-0.3, -0.25) is 0 Å².